The first-order valence-electron chi connectivity index (χ1n) is 5.81. The largest absolute Gasteiger partial charge is 0.340 e. The van der Waals surface area contributed by atoms with Crippen LogP contribution in [0.3, 0.4) is 0 Å². The lowest BCUT2D eigenvalue weighted by atomic mass is 9.89. The van der Waals surface area contributed by atoms with Crippen molar-refractivity contribution in [2.24, 2.45) is 0 Å². The van der Waals surface area contributed by atoms with Gasteiger partial charge in [0.1, 0.15) is 5.54 Å². The topological polar surface area (TPSA) is 49.4 Å². The van der Waals surface area contributed by atoms with Gasteiger partial charge in [0.15, 0.2) is 0 Å². The average Bonchev–Trinajstić information content (AvgIpc) is 2.30. The minimum Gasteiger partial charge on any atom is -0.340 e. The van der Waals surface area contributed by atoms with Crippen molar-refractivity contribution in [2.45, 2.75) is 38.6 Å². The van der Waals surface area contributed by atoms with E-state index in [1.54, 1.807) is 11.0 Å². The third-order valence-electron chi connectivity index (χ3n) is 3.22. The SMILES string of the molecule is C=CCCN1CC(=O)NC(CC)(CC)C1=O. The zero-order chi connectivity index (χ0) is 12.2. The highest BCUT2D eigenvalue weighted by Gasteiger charge is 2.43. The minimum atomic E-state index is -0.684. The van der Waals surface area contributed by atoms with Crippen molar-refractivity contribution in [2.75, 3.05) is 13.1 Å². The molecule has 0 saturated carbocycles. The molecule has 0 atom stereocenters. The lowest BCUT2D eigenvalue weighted by molar-refractivity contribution is -0.150. The van der Waals surface area contributed by atoms with Gasteiger partial charge in [0.25, 0.3) is 0 Å². The molecule has 0 unspecified atom stereocenters. The zero-order valence-corrected chi connectivity index (χ0v) is 10.1. The van der Waals surface area contributed by atoms with Crippen LogP contribution in [0, 0.1) is 0 Å². The van der Waals surface area contributed by atoms with Gasteiger partial charge in [0, 0.05) is 6.54 Å². The summed E-state index contributed by atoms with van der Waals surface area (Å²) in [6.45, 7) is 8.24. The zero-order valence-electron chi connectivity index (χ0n) is 10.1. The Kier molecular flexibility index (Phi) is 4.10. The van der Waals surface area contributed by atoms with E-state index in [-0.39, 0.29) is 18.4 Å². The van der Waals surface area contributed by atoms with E-state index in [2.05, 4.69) is 11.9 Å². The highest BCUT2D eigenvalue weighted by molar-refractivity contribution is 5.97. The maximum atomic E-state index is 12.2. The van der Waals surface area contributed by atoms with Crippen molar-refractivity contribution < 1.29 is 9.59 Å². The van der Waals surface area contributed by atoms with Gasteiger partial charge in [-0.25, -0.2) is 0 Å². The van der Waals surface area contributed by atoms with Crippen LogP contribution < -0.4 is 5.32 Å². The van der Waals surface area contributed by atoms with Crippen molar-refractivity contribution in [1.82, 2.24) is 10.2 Å². The summed E-state index contributed by atoms with van der Waals surface area (Å²) in [5.41, 5.74) is -0.684. The first-order chi connectivity index (χ1) is 7.59. The van der Waals surface area contributed by atoms with Gasteiger partial charge >= 0.3 is 0 Å². The minimum absolute atomic E-state index is 0.0407. The van der Waals surface area contributed by atoms with Crippen molar-refractivity contribution in [3.05, 3.63) is 12.7 Å². The van der Waals surface area contributed by atoms with Crippen LogP contribution >= 0.6 is 0 Å². The molecular formula is C12H20N2O2. The summed E-state index contributed by atoms with van der Waals surface area (Å²) in [5, 5.41) is 2.83. The third kappa shape index (κ3) is 2.26. The predicted molar refractivity (Wildman–Crippen MR) is 62.8 cm³/mol. The number of piperazine rings is 1. The van der Waals surface area contributed by atoms with E-state index >= 15 is 0 Å². The molecule has 0 aromatic heterocycles. The molecule has 90 valence electrons. The Hall–Kier alpha value is -1.32. The van der Waals surface area contributed by atoms with Gasteiger partial charge in [-0.3, -0.25) is 9.59 Å². The fourth-order valence-electron chi connectivity index (χ4n) is 2.06. The molecule has 1 fully saturated rings. The van der Waals surface area contributed by atoms with Crippen LogP contribution in [0.4, 0.5) is 0 Å². The summed E-state index contributed by atoms with van der Waals surface area (Å²) in [6, 6.07) is 0. The van der Waals surface area contributed by atoms with E-state index in [9.17, 15) is 9.59 Å². The van der Waals surface area contributed by atoms with E-state index in [4.69, 9.17) is 0 Å². The van der Waals surface area contributed by atoms with Crippen molar-refractivity contribution in [3.63, 3.8) is 0 Å². The number of carbonyl (C=O) groups is 2. The van der Waals surface area contributed by atoms with E-state index in [0.29, 0.717) is 19.4 Å². The molecule has 0 aromatic carbocycles. The van der Waals surface area contributed by atoms with E-state index in [1.807, 2.05) is 13.8 Å². The normalized spacial score (nSPS) is 19.5. The summed E-state index contributed by atoms with van der Waals surface area (Å²) in [7, 11) is 0. The van der Waals surface area contributed by atoms with Gasteiger partial charge in [0.05, 0.1) is 6.54 Å². The molecule has 0 spiro atoms. The number of nitrogens with one attached hydrogen (secondary N) is 1. The molecule has 1 N–H and O–H groups in total. The van der Waals surface area contributed by atoms with Gasteiger partial charge in [-0.1, -0.05) is 19.9 Å². The number of carbonyl (C=O) groups excluding carboxylic acids is 2. The lowest BCUT2D eigenvalue weighted by Gasteiger charge is -2.41. The van der Waals surface area contributed by atoms with E-state index in [0.717, 1.165) is 6.42 Å². The number of hydrogen-bond donors (Lipinski definition) is 1. The molecule has 1 rings (SSSR count). The van der Waals surface area contributed by atoms with Gasteiger partial charge in [0.2, 0.25) is 11.8 Å². The fraction of sp³-hybridized carbons (Fsp3) is 0.667. The fourth-order valence-corrected chi connectivity index (χ4v) is 2.06. The third-order valence-corrected chi connectivity index (χ3v) is 3.22. The van der Waals surface area contributed by atoms with Crippen LogP contribution in [-0.4, -0.2) is 35.3 Å². The van der Waals surface area contributed by atoms with Crippen LogP contribution in [0.5, 0.6) is 0 Å². The lowest BCUT2D eigenvalue weighted by Crippen LogP contribution is -2.66. The number of rotatable bonds is 5. The molecule has 0 bridgehead atoms. The Morgan fingerprint density at radius 1 is 1.44 bits per heavy atom. The first-order valence-corrected chi connectivity index (χ1v) is 5.81. The van der Waals surface area contributed by atoms with E-state index < -0.39 is 5.54 Å². The van der Waals surface area contributed by atoms with Gasteiger partial charge in [-0.2, -0.15) is 0 Å². The maximum absolute atomic E-state index is 12.2. The summed E-state index contributed by atoms with van der Waals surface area (Å²) in [5.74, 6) is -0.0219. The number of hydrogen-bond acceptors (Lipinski definition) is 2. The molecule has 1 aliphatic rings. The first kappa shape index (κ1) is 12.7. The molecule has 1 aliphatic heterocycles. The monoisotopic (exact) mass is 224 g/mol. The molecule has 2 amide bonds. The Balaban J connectivity index is 2.84. The highest BCUT2D eigenvalue weighted by atomic mass is 16.2. The van der Waals surface area contributed by atoms with Crippen LogP contribution in [0.15, 0.2) is 12.7 Å². The summed E-state index contributed by atoms with van der Waals surface area (Å²) < 4.78 is 0. The molecule has 1 saturated heterocycles. The molecular weight excluding hydrogens is 204 g/mol. The number of amides is 2. The second kappa shape index (κ2) is 5.14. The Morgan fingerprint density at radius 2 is 2.06 bits per heavy atom. The molecule has 0 aliphatic carbocycles. The van der Waals surface area contributed by atoms with Gasteiger partial charge < -0.3 is 10.2 Å². The standard InChI is InChI=1S/C12H20N2O2/c1-4-7-8-14-9-10(15)13-12(5-2,6-3)11(14)16/h4H,1,5-9H2,2-3H3,(H,13,15). The van der Waals surface area contributed by atoms with Crippen LogP contribution in [0.25, 0.3) is 0 Å². The Labute approximate surface area is 96.7 Å². The summed E-state index contributed by atoms with van der Waals surface area (Å²) in [4.78, 5) is 25.5. The summed E-state index contributed by atoms with van der Waals surface area (Å²) >= 11 is 0. The van der Waals surface area contributed by atoms with Gasteiger partial charge in [-0.05, 0) is 19.3 Å². The summed E-state index contributed by atoms with van der Waals surface area (Å²) in [6.07, 6.45) is 3.76. The molecule has 16 heavy (non-hydrogen) atoms. The molecule has 4 heteroatoms. The molecule has 4 nitrogen and oxygen atoms in total. The quantitative estimate of drug-likeness (QED) is 0.710. The molecule has 0 radical (unpaired) electrons. The van der Waals surface area contributed by atoms with Crippen molar-refractivity contribution in [1.29, 1.82) is 0 Å². The second-order valence-electron chi connectivity index (χ2n) is 4.14. The second-order valence-corrected chi connectivity index (χ2v) is 4.14. The predicted octanol–water partition coefficient (Wildman–Crippen LogP) is 1.08. The smallest absolute Gasteiger partial charge is 0.248 e. The molecule has 1 heterocycles. The van der Waals surface area contributed by atoms with Crippen molar-refractivity contribution >= 4 is 11.8 Å². The highest BCUT2D eigenvalue weighted by Crippen LogP contribution is 2.22. The average molecular weight is 224 g/mol. The Bertz CT molecular complexity index is 295. The van der Waals surface area contributed by atoms with Crippen LogP contribution in [0.1, 0.15) is 33.1 Å². The maximum Gasteiger partial charge on any atom is 0.248 e. The van der Waals surface area contributed by atoms with Crippen LogP contribution in [0.2, 0.25) is 0 Å². The Morgan fingerprint density at radius 3 is 2.56 bits per heavy atom. The van der Waals surface area contributed by atoms with E-state index in [1.165, 1.54) is 0 Å². The van der Waals surface area contributed by atoms with Gasteiger partial charge in [-0.15, -0.1) is 6.58 Å². The van der Waals surface area contributed by atoms with Crippen LogP contribution in [-0.2, 0) is 9.59 Å². The number of nitrogens with zero attached hydrogens (tertiary/aromatic N) is 1. The van der Waals surface area contributed by atoms with Crippen molar-refractivity contribution in [3.8, 4) is 0 Å². The molecule has 0 aromatic rings.